The van der Waals surface area contributed by atoms with Gasteiger partial charge in [-0.1, -0.05) is 172 Å². The van der Waals surface area contributed by atoms with Crippen molar-refractivity contribution >= 4 is 22.1 Å². The minimum Gasteiger partial charge on any atom is -0.462 e. The van der Waals surface area contributed by atoms with Crippen molar-refractivity contribution in [2.45, 2.75) is 224 Å². The zero-order chi connectivity index (χ0) is 44.8. The second kappa shape index (κ2) is 38.1. The van der Waals surface area contributed by atoms with Crippen LogP contribution < -0.4 is 0 Å². The number of aliphatic hydroxyl groups excluding tert-OH is 3. The number of hydrogen-bond acceptors (Lipinski definition) is 11. The Labute approximate surface area is 369 Å². The molecule has 1 rings (SSSR count). The fourth-order valence-corrected chi connectivity index (χ4v) is 7.65. The molecule has 0 aromatic heterocycles. The summed E-state index contributed by atoms with van der Waals surface area (Å²) >= 11 is 0. The van der Waals surface area contributed by atoms with Crippen LogP contribution in [0.3, 0.4) is 0 Å². The smallest absolute Gasteiger partial charge is 0.306 e. The normalized spacial score (nSPS) is 20.4. The lowest BCUT2D eigenvalue weighted by Crippen LogP contribution is -2.60. The van der Waals surface area contributed by atoms with Gasteiger partial charge in [0.1, 0.15) is 36.8 Å². The highest BCUT2D eigenvalue weighted by atomic mass is 32.2. The molecule has 0 saturated carbocycles. The summed E-state index contributed by atoms with van der Waals surface area (Å²) in [4.78, 5) is 25.4. The Balaban J connectivity index is 2.45. The Morgan fingerprint density at radius 3 is 1.52 bits per heavy atom. The van der Waals surface area contributed by atoms with E-state index in [0.717, 1.165) is 64.2 Å². The fourth-order valence-electron chi connectivity index (χ4n) is 6.96. The molecule has 354 valence electrons. The molecule has 0 amide bonds. The monoisotopic (exact) mass is 885 g/mol. The highest BCUT2D eigenvalue weighted by Crippen LogP contribution is 2.24. The Morgan fingerprint density at radius 1 is 0.557 bits per heavy atom. The number of carbonyl (C=O) groups is 2. The van der Waals surface area contributed by atoms with Crippen LogP contribution in [0.15, 0.2) is 48.6 Å². The van der Waals surface area contributed by atoms with Crippen molar-refractivity contribution in [2.75, 3.05) is 19.0 Å². The van der Waals surface area contributed by atoms with Crippen molar-refractivity contribution in [3.05, 3.63) is 48.6 Å². The number of aliphatic hydroxyl groups is 3. The lowest BCUT2D eigenvalue weighted by Gasteiger charge is -2.40. The summed E-state index contributed by atoms with van der Waals surface area (Å²) in [5, 5.41) is 30.9. The first-order chi connectivity index (χ1) is 29.5. The molecule has 0 aromatic rings. The largest absolute Gasteiger partial charge is 0.462 e. The number of ether oxygens (including phenoxy) is 4. The van der Waals surface area contributed by atoms with E-state index in [1.165, 1.54) is 83.5 Å². The summed E-state index contributed by atoms with van der Waals surface area (Å²) in [5.41, 5.74) is 0. The van der Waals surface area contributed by atoms with Crippen LogP contribution in [0.5, 0.6) is 0 Å². The van der Waals surface area contributed by atoms with Gasteiger partial charge in [0, 0.05) is 12.8 Å². The van der Waals surface area contributed by atoms with Gasteiger partial charge in [0.15, 0.2) is 12.4 Å². The Morgan fingerprint density at radius 2 is 1.02 bits per heavy atom. The van der Waals surface area contributed by atoms with Crippen LogP contribution >= 0.6 is 0 Å². The standard InChI is InChI=1S/C48H84O12S/c1-3-5-7-9-11-13-15-17-19-21-23-24-26-28-30-32-34-36-43(49)57-38-41(39-58-48-47(53)46(52)45(51)42(60-48)40-61(54,55)56)59-44(50)37-35-33-31-29-27-25-22-20-18-16-14-12-10-8-6-4-2/h7,9,13,15,19,21,24,26,41-42,45-48,51-53H,3-6,8,10-12,14,16-18,20,22-23,25,27-40H2,1-2H3,(H,54,55,56)/b9-7+,15-13+,21-19+,26-24+/t41-,42-,45-,46?,47?,48+/m1/s1. The van der Waals surface area contributed by atoms with Gasteiger partial charge in [-0.25, -0.2) is 0 Å². The highest BCUT2D eigenvalue weighted by molar-refractivity contribution is 7.85. The maximum absolute atomic E-state index is 12.8. The zero-order valence-corrected chi connectivity index (χ0v) is 38.6. The predicted octanol–water partition coefficient (Wildman–Crippen LogP) is 9.95. The van der Waals surface area contributed by atoms with Gasteiger partial charge in [-0.05, 0) is 51.4 Å². The molecule has 0 bridgehead atoms. The summed E-state index contributed by atoms with van der Waals surface area (Å²) in [6.45, 7) is 3.67. The van der Waals surface area contributed by atoms with Gasteiger partial charge in [0.25, 0.3) is 10.1 Å². The van der Waals surface area contributed by atoms with Crippen molar-refractivity contribution in [1.82, 2.24) is 0 Å². The van der Waals surface area contributed by atoms with Gasteiger partial charge in [-0.3, -0.25) is 14.1 Å². The average molecular weight is 885 g/mol. The van der Waals surface area contributed by atoms with Gasteiger partial charge in [0.2, 0.25) is 0 Å². The van der Waals surface area contributed by atoms with Crippen LogP contribution in [0.25, 0.3) is 0 Å². The number of carbonyl (C=O) groups excluding carboxylic acids is 2. The van der Waals surface area contributed by atoms with E-state index < -0.39 is 71.2 Å². The summed E-state index contributed by atoms with van der Waals surface area (Å²) in [5.74, 6) is -2.02. The number of rotatable bonds is 39. The van der Waals surface area contributed by atoms with Crippen molar-refractivity contribution in [1.29, 1.82) is 0 Å². The van der Waals surface area contributed by atoms with E-state index in [2.05, 4.69) is 62.5 Å². The van der Waals surface area contributed by atoms with Crippen LogP contribution in [0.1, 0.15) is 187 Å². The quantitative estimate of drug-likeness (QED) is 0.0198. The summed E-state index contributed by atoms with van der Waals surface area (Å²) < 4.78 is 54.1. The molecular weight excluding hydrogens is 801 g/mol. The van der Waals surface area contributed by atoms with E-state index in [4.69, 9.17) is 18.9 Å². The second-order valence-corrected chi connectivity index (χ2v) is 17.9. The summed E-state index contributed by atoms with van der Waals surface area (Å²) in [6, 6.07) is 0. The molecule has 6 atom stereocenters. The first-order valence-electron chi connectivity index (χ1n) is 23.7. The van der Waals surface area contributed by atoms with Crippen molar-refractivity contribution in [3.63, 3.8) is 0 Å². The van der Waals surface area contributed by atoms with E-state index in [9.17, 15) is 37.9 Å². The Kier molecular flexibility index (Phi) is 35.4. The molecule has 1 fully saturated rings. The molecule has 12 nitrogen and oxygen atoms in total. The molecule has 4 N–H and O–H groups in total. The average Bonchev–Trinajstić information content (AvgIpc) is 3.22. The minimum absolute atomic E-state index is 0.159. The highest BCUT2D eigenvalue weighted by Gasteiger charge is 2.46. The van der Waals surface area contributed by atoms with Crippen LogP contribution in [-0.2, 0) is 38.7 Å². The number of hydrogen-bond donors (Lipinski definition) is 4. The summed E-state index contributed by atoms with van der Waals surface area (Å²) in [6.07, 6.45) is 35.8. The molecule has 0 aromatic carbocycles. The Bertz CT molecular complexity index is 1310. The number of allylic oxidation sites excluding steroid dienone is 8. The van der Waals surface area contributed by atoms with Crippen LogP contribution in [0.2, 0.25) is 0 Å². The molecule has 1 aliphatic heterocycles. The van der Waals surface area contributed by atoms with Crippen LogP contribution in [-0.4, -0.2) is 96.0 Å². The molecule has 61 heavy (non-hydrogen) atoms. The molecule has 0 aliphatic carbocycles. The topological polar surface area (TPSA) is 186 Å². The lowest BCUT2D eigenvalue weighted by molar-refractivity contribution is -0.297. The third kappa shape index (κ3) is 32.9. The Hall–Kier alpha value is -2.39. The van der Waals surface area contributed by atoms with E-state index in [-0.39, 0.29) is 19.4 Å². The van der Waals surface area contributed by atoms with E-state index in [0.29, 0.717) is 12.8 Å². The third-order valence-corrected chi connectivity index (χ3v) is 11.4. The maximum Gasteiger partial charge on any atom is 0.306 e. The van der Waals surface area contributed by atoms with Gasteiger partial charge < -0.3 is 34.3 Å². The minimum atomic E-state index is -4.61. The first kappa shape index (κ1) is 56.6. The SMILES string of the molecule is CCC/C=C/C/C=C/C/C=C/C/C=C/CCCCCC(=O)OC[C@H](CO[C@H]1O[C@H](CS(=O)(=O)O)[C@@H](O)C(O)C1O)OC(=O)CCCCCCCCCCCCCCCCCC. The lowest BCUT2D eigenvalue weighted by atomic mass is 10.00. The third-order valence-electron chi connectivity index (χ3n) is 10.6. The van der Waals surface area contributed by atoms with Crippen LogP contribution in [0.4, 0.5) is 0 Å². The van der Waals surface area contributed by atoms with E-state index >= 15 is 0 Å². The molecule has 0 spiro atoms. The van der Waals surface area contributed by atoms with E-state index in [1.54, 1.807) is 0 Å². The second-order valence-electron chi connectivity index (χ2n) is 16.4. The van der Waals surface area contributed by atoms with Gasteiger partial charge in [-0.2, -0.15) is 8.42 Å². The molecule has 1 saturated heterocycles. The molecular formula is C48H84O12S. The van der Waals surface area contributed by atoms with Gasteiger partial charge >= 0.3 is 11.9 Å². The van der Waals surface area contributed by atoms with Gasteiger partial charge in [0.05, 0.1) is 6.61 Å². The van der Waals surface area contributed by atoms with Gasteiger partial charge in [-0.15, -0.1) is 0 Å². The van der Waals surface area contributed by atoms with Crippen molar-refractivity contribution in [2.24, 2.45) is 0 Å². The van der Waals surface area contributed by atoms with Crippen molar-refractivity contribution < 1.29 is 56.8 Å². The first-order valence-corrected chi connectivity index (χ1v) is 25.3. The molecule has 0 radical (unpaired) electrons. The van der Waals surface area contributed by atoms with E-state index in [1.807, 2.05) is 0 Å². The summed E-state index contributed by atoms with van der Waals surface area (Å²) in [7, 11) is -4.61. The van der Waals surface area contributed by atoms with Crippen LogP contribution in [0, 0.1) is 0 Å². The maximum atomic E-state index is 12.8. The molecule has 2 unspecified atom stereocenters. The predicted molar refractivity (Wildman–Crippen MR) is 242 cm³/mol. The number of unbranched alkanes of at least 4 members (excludes halogenated alkanes) is 19. The molecule has 13 heteroatoms. The fraction of sp³-hybridized carbons (Fsp3) is 0.792. The molecule has 1 heterocycles. The molecule has 1 aliphatic rings. The van der Waals surface area contributed by atoms with Crippen molar-refractivity contribution in [3.8, 4) is 0 Å². The zero-order valence-electron chi connectivity index (χ0n) is 37.8. The number of esters is 2.